The van der Waals surface area contributed by atoms with E-state index in [2.05, 4.69) is 22.0 Å². The molecule has 2 fully saturated rings. The van der Waals surface area contributed by atoms with Crippen molar-refractivity contribution in [1.82, 2.24) is 19.7 Å². The summed E-state index contributed by atoms with van der Waals surface area (Å²) in [6, 6.07) is 14.3. The van der Waals surface area contributed by atoms with Gasteiger partial charge in [0.1, 0.15) is 0 Å². The van der Waals surface area contributed by atoms with Crippen molar-refractivity contribution in [3.05, 3.63) is 66.0 Å². The molecule has 2 aromatic rings. The molecule has 4 rings (SSSR count). The quantitative estimate of drug-likeness (QED) is 0.753. The molecule has 3 heterocycles. The summed E-state index contributed by atoms with van der Waals surface area (Å²) in [4.78, 5) is 35.6. The van der Waals surface area contributed by atoms with Gasteiger partial charge in [-0.3, -0.25) is 19.5 Å². The fourth-order valence-electron chi connectivity index (χ4n) is 4.19. The van der Waals surface area contributed by atoms with Gasteiger partial charge in [-0.25, -0.2) is 0 Å². The summed E-state index contributed by atoms with van der Waals surface area (Å²) in [6.07, 6.45) is 4.82. The molecule has 2 aliphatic heterocycles. The van der Waals surface area contributed by atoms with Gasteiger partial charge in [-0.15, -0.1) is 0 Å². The highest BCUT2D eigenvalue weighted by Gasteiger charge is 2.37. The van der Waals surface area contributed by atoms with Crippen molar-refractivity contribution in [3.63, 3.8) is 0 Å². The summed E-state index contributed by atoms with van der Waals surface area (Å²) in [5.41, 5.74) is 2.47. The number of nitrogens with zero attached hydrogens (tertiary/aromatic N) is 4. The van der Waals surface area contributed by atoms with Crippen molar-refractivity contribution in [1.29, 1.82) is 0 Å². The Hall–Kier alpha value is -2.73. The molecular formula is C23H28N4O2. The molecule has 0 radical (unpaired) electrons. The molecular weight excluding hydrogens is 364 g/mol. The minimum Gasteiger partial charge on any atom is -0.342 e. The first-order valence-corrected chi connectivity index (χ1v) is 10.4. The van der Waals surface area contributed by atoms with Crippen LogP contribution in [0.2, 0.25) is 0 Å². The number of rotatable bonds is 6. The molecule has 0 bridgehead atoms. The van der Waals surface area contributed by atoms with E-state index in [1.54, 1.807) is 0 Å². The van der Waals surface area contributed by atoms with E-state index in [1.807, 2.05) is 52.5 Å². The first kappa shape index (κ1) is 19.6. The molecule has 152 valence electrons. The lowest BCUT2D eigenvalue weighted by molar-refractivity contribution is -0.137. The minimum absolute atomic E-state index is 0.107. The lowest BCUT2D eigenvalue weighted by Crippen LogP contribution is -2.50. The largest absolute Gasteiger partial charge is 0.342 e. The Morgan fingerprint density at radius 2 is 1.69 bits per heavy atom. The first-order valence-electron chi connectivity index (χ1n) is 10.4. The van der Waals surface area contributed by atoms with Crippen LogP contribution in [0.3, 0.4) is 0 Å². The molecule has 1 atom stereocenters. The molecule has 0 spiro atoms. The summed E-state index contributed by atoms with van der Waals surface area (Å²) < 4.78 is 0. The highest BCUT2D eigenvalue weighted by molar-refractivity contribution is 5.89. The number of benzene rings is 1. The maximum absolute atomic E-state index is 13.0. The topological polar surface area (TPSA) is 56.8 Å². The van der Waals surface area contributed by atoms with Crippen LogP contribution in [0.5, 0.6) is 0 Å². The van der Waals surface area contributed by atoms with Gasteiger partial charge < -0.3 is 9.80 Å². The van der Waals surface area contributed by atoms with E-state index in [1.165, 1.54) is 11.1 Å². The summed E-state index contributed by atoms with van der Waals surface area (Å²) in [5.74, 6) is 0.0600. The van der Waals surface area contributed by atoms with Crippen molar-refractivity contribution in [2.24, 2.45) is 5.92 Å². The normalized spacial score (nSPS) is 20.3. The Labute approximate surface area is 172 Å². The molecule has 1 aromatic carbocycles. The smallest absolute Gasteiger partial charge is 0.228 e. The molecule has 29 heavy (non-hydrogen) atoms. The van der Waals surface area contributed by atoms with Crippen molar-refractivity contribution < 1.29 is 9.59 Å². The molecule has 2 saturated heterocycles. The number of amides is 2. The minimum atomic E-state index is -0.190. The maximum Gasteiger partial charge on any atom is 0.228 e. The number of aromatic nitrogens is 1. The summed E-state index contributed by atoms with van der Waals surface area (Å²) in [5, 5.41) is 0. The third-order valence-electron chi connectivity index (χ3n) is 5.92. The van der Waals surface area contributed by atoms with E-state index in [9.17, 15) is 9.59 Å². The number of hydrogen-bond donors (Lipinski definition) is 0. The zero-order valence-electron chi connectivity index (χ0n) is 16.7. The Kier molecular flexibility index (Phi) is 6.20. The van der Waals surface area contributed by atoms with Gasteiger partial charge in [0.25, 0.3) is 0 Å². The monoisotopic (exact) mass is 392 g/mol. The Balaban J connectivity index is 1.24. The molecule has 2 amide bonds. The van der Waals surface area contributed by atoms with Crippen LogP contribution in [-0.4, -0.2) is 70.8 Å². The van der Waals surface area contributed by atoms with Crippen LogP contribution in [0.1, 0.15) is 17.5 Å². The van der Waals surface area contributed by atoms with Gasteiger partial charge in [0.05, 0.1) is 5.92 Å². The molecule has 0 N–H and O–H groups in total. The van der Waals surface area contributed by atoms with Gasteiger partial charge >= 0.3 is 0 Å². The molecule has 2 aliphatic rings. The van der Waals surface area contributed by atoms with Gasteiger partial charge in [-0.05, 0) is 29.7 Å². The average Bonchev–Trinajstić information content (AvgIpc) is 3.14. The molecule has 0 saturated carbocycles. The van der Waals surface area contributed by atoms with E-state index in [4.69, 9.17) is 0 Å². The van der Waals surface area contributed by atoms with Crippen LogP contribution < -0.4 is 0 Å². The SMILES string of the molecule is O=C1CC(C(=O)N2CCN(Cc3ccncc3)CC2)CN1CCc1ccccc1. The van der Waals surface area contributed by atoms with Crippen LogP contribution in [0.4, 0.5) is 0 Å². The van der Waals surface area contributed by atoms with E-state index in [-0.39, 0.29) is 17.7 Å². The first-order chi connectivity index (χ1) is 14.2. The number of piperazine rings is 1. The summed E-state index contributed by atoms with van der Waals surface area (Å²) in [7, 11) is 0. The third kappa shape index (κ3) is 5.01. The van der Waals surface area contributed by atoms with Gasteiger partial charge in [-0.1, -0.05) is 30.3 Å². The summed E-state index contributed by atoms with van der Waals surface area (Å²) in [6.45, 7) is 5.34. The fraction of sp³-hybridized carbons (Fsp3) is 0.435. The fourth-order valence-corrected chi connectivity index (χ4v) is 4.19. The predicted molar refractivity (Wildman–Crippen MR) is 111 cm³/mol. The van der Waals surface area contributed by atoms with Crippen molar-refractivity contribution in [2.45, 2.75) is 19.4 Å². The molecule has 1 unspecified atom stereocenters. The van der Waals surface area contributed by atoms with Crippen LogP contribution in [-0.2, 0) is 22.6 Å². The number of carbonyl (C=O) groups is 2. The zero-order chi connectivity index (χ0) is 20.1. The van der Waals surface area contributed by atoms with Crippen molar-refractivity contribution in [2.75, 3.05) is 39.3 Å². The van der Waals surface area contributed by atoms with Gasteiger partial charge in [-0.2, -0.15) is 0 Å². The van der Waals surface area contributed by atoms with Crippen LogP contribution in [0.25, 0.3) is 0 Å². The highest BCUT2D eigenvalue weighted by atomic mass is 16.2. The predicted octanol–water partition coefficient (Wildman–Crippen LogP) is 1.82. The van der Waals surface area contributed by atoms with Gasteiger partial charge in [0.15, 0.2) is 0 Å². The number of carbonyl (C=O) groups excluding carboxylic acids is 2. The van der Waals surface area contributed by atoms with E-state index in [0.717, 1.165) is 39.1 Å². The maximum atomic E-state index is 13.0. The Bertz CT molecular complexity index is 819. The molecule has 6 heteroatoms. The van der Waals surface area contributed by atoms with Crippen molar-refractivity contribution >= 4 is 11.8 Å². The van der Waals surface area contributed by atoms with E-state index >= 15 is 0 Å². The second-order valence-electron chi connectivity index (χ2n) is 7.93. The molecule has 1 aromatic heterocycles. The average molecular weight is 393 g/mol. The Morgan fingerprint density at radius 1 is 0.966 bits per heavy atom. The second-order valence-corrected chi connectivity index (χ2v) is 7.93. The molecule has 6 nitrogen and oxygen atoms in total. The third-order valence-corrected chi connectivity index (χ3v) is 5.92. The molecule has 0 aliphatic carbocycles. The number of hydrogen-bond acceptors (Lipinski definition) is 4. The van der Waals surface area contributed by atoms with E-state index in [0.29, 0.717) is 19.5 Å². The Morgan fingerprint density at radius 3 is 2.41 bits per heavy atom. The zero-order valence-corrected chi connectivity index (χ0v) is 16.7. The lowest BCUT2D eigenvalue weighted by Gasteiger charge is -2.35. The lowest BCUT2D eigenvalue weighted by atomic mass is 10.1. The standard InChI is InChI=1S/C23H28N4O2/c28-22-16-21(18-27(22)11-8-19-4-2-1-3-5-19)23(29)26-14-12-25(13-15-26)17-20-6-9-24-10-7-20/h1-7,9-10,21H,8,11-18H2. The number of pyridine rings is 1. The second kappa shape index (κ2) is 9.18. The number of likely N-dealkylation sites (tertiary alicyclic amines) is 1. The van der Waals surface area contributed by atoms with Crippen LogP contribution in [0.15, 0.2) is 54.9 Å². The van der Waals surface area contributed by atoms with E-state index < -0.39 is 0 Å². The van der Waals surface area contributed by atoms with Crippen molar-refractivity contribution in [3.8, 4) is 0 Å². The highest BCUT2D eigenvalue weighted by Crippen LogP contribution is 2.21. The summed E-state index contributed by atoms with van der Waals surface area (Å²) >= 11 is 0. The van der Waals surface area contributed by atoms with Crippen LogP contribution in [0, 0.1) is 5.92 Å². The van der Waals surface area contributed by atoms with Gasteiger partial charge in [0, 0.05) is 64.6 Å². The van der Waals surface area contributed by atoms with Gasteiger partial charge in [0.2, 0.25) is 11.8 Å². The van der Waals surface area contributed by atoms with Crippen LogP contribution >= 0.6 is 0 Å².